The van der Waals surface area contributed by atoms with Crippen molar-refractivity contribution in [2.75, 3.05) is 26.8 Å². The minimum absolute atomic E-state index is 0.717. The second kappa shape index (κ2) is 6.63. The Kier molecular flexibility index (Phi) is 4.86. The quantitative estimate of drug-likeness (QED) is 0.776. The molecule has 2 heterocycles. The number of thiazole rings is 1. The Labute approximate surface area is 110 Å². The van der Waals surface area contributed by atoms with Crippen LogP contribution in [-0.4, -0.2) is 36.8 Å². The van der Waals surface area contributed by atoms with Crippen LogP contribution in [0.4, 0.5) is 0 Å². The van der Waals surface area contributed by atoms with Gasteiger partial charge in [-0.05, 0) is 6.92 Å². The minimum atomic E-state index is 0.717. The highest BCUT2D eigenvalue weighted by atomic mass is 32.1. The van der Waals surface area contributed by atoms with Crippen LogP contribution in [0.5, 0.6) is 0 Å². The van der Waals surface area contributed by atoms with Crippen LogP contribution in [0.3, 0.4) is 0 Å². The van der Waals surface area contributed by atoms with E-state index in [1.807, 2.05) is 12.3 Å². The summed E-state index contributed by atoms with van der Waals surface area (Å²) in [5.41, 5.74) is 0.864. The number of nitrogens with one attached hydrogen (secondary N) is 1. The first-order chi connectivity index (χ1) is 8.79. The summed E-state index contributed by atoms with van der Waals surface area (Å²) in [5, 5.41) is 6.26. The Bertz CT molecular complexity index is 481. The van der Waals surface area contributed by atoms with Gasteiger partial charge in [-0.15, -0.1) is 11.3 Å². The summed E-state index contributed by atoms with van der Waals surface area (Å²) in [4.78, 5) is 8.61. The number of rotatable bonds is 7. The number of hydrogen-bond acceptors (Lipinski definition) is 6. The summed E-state index contributed by atoms with van der Waals surface area (Å²) in [5.74, 6) is 1.48. The highest BCUT2D eigenvalue weighted by molar-refractivity contribution is 7.09. The van der Waals surface area contributed by atoms with E-state index in [0.717, 1.165) is 48.5 Å². The minimum Gasteiger partial charge on any atom is -0.439 e. The molecule has 0 bridgehead atoms. The van der Waals surface area contributed by atoms with Crippen LogP contribution >= 0.6 is 11.3 Å². The van der Waals surface area contributed by atoms with Crippen LogP contribution in [-0.2, 0) is 11.2 Å². The summed E-state index contributed by atoms with van der Waals surface area (Å²) in [7, 11) is 1.69. The number of oxazole rings is 1. The Morgan fingerprint density at radius 2 is 2.33 bits per heavy atom. The van der Waals surface area contributed by atoms with Gasteiger partial charge >= 0.3 is 0 Å². The standard InChI is InChI=1S/C12H17N3O2S/c1-9-15-10(8-18-9)11-7-14-12(17-11)3-4-13-5-6-16-2/h7-8,13H,3-6H2,1-2H3. The predicted molar refractivity (Wildman–Crippen MR) is 70.8 cm³/mol. The number of methoxy groups -OCH3 is 1. The van der Waals surface area contributed by atoms with Gasteiger partial charge in [-0.1, -0.05) is 0 Å². The van der Waals surface area contributed by atoms with Crippen LogP contribution in [0, 0.1) is 6.92 Å². The molecule has 2 aromatic rings. The van der Waals surface area contributed by atoms with Crippen LogP contribution in [0.15, 0.2) is 16.0 Å². The van der Waals surface area contributed by atoms with Crippen LogP contribution in [0.2, 0.25) is 0 Å². The first-order valence-electron chi connectivity index (χ1n) is 5.86. The molecule has 0 atom stereocenters. The second-order valence-corrected chi connectivity index (χ2v) is 4.93. The van der Waals surface area contributed by atoms with Crippen LogP contribution in [0.1, 0.15) is 10.9 Å². The van der Waals surface area contributed by atoms with Gasteiger partial charge in [0.15, 0.2) is 11.7 Å². The van der Waals surface area contributed by atoms with Crippen molar-refractivity contribution in [3.05, 3.63) is 22.5 Å². The van der Waals surface area contributed by atoms with E-state index in [1.54, 1.807) is 24.6 Å². The van der Waals surface area contributed by atoms with E-state index in [2.05, 4.69) is 15.3 Å². The fourth-order valence-electron chi connectivity index (χ4n) is 1.52. The summed E-state index contributed by atoms with van der Waals surface area (Å²) in [6.07, 6.45) is 2.51. The van der Waals surface area contributed by atoms with Crippen molar-refractivity contribution >= 4 is 11.3 Å². The predicted octanol–water partition coefficient (Wildman–Crippen LogP) is 1.89. The maximum absolute atomic E-state index is 5.65. The monoisotopic (exact) mass is 267 g/mol. The van der Waals surface area contributed by atoms with E-state index in [0.29, 0.717) is 0 Å². The molecule has 1 N–H and O–H groups in total. The molecular weight excluding hydrogens is 250 g/mol. The summed E-state index contributed by atoms with van der Waals surface area (Å²) >= 11 is 1.61. The zero-order valence-corrected chi connectivity index (χ0v) is 11.4. The first-order valence-corrected chi connectivity index (χ1v) is 6.74. The molecule has 0 aliphatic carbocycles. The fourth-order valence-corrected chi connectivity index (χ4v) is 2.12. The van der Waals surface area contributed by atoms with Crippen LogP contribution < -0.4 is 5.32 Å². The Balaban J connectivity index is 1.83. The molecule has 6 heteroatoms. The first kappa shape index (κ1) is 13.2. The second-order valence-electron chi connectivity index (χ2n) is 3.86. The average Bonchev–Trinajstić information content (AvgIpc) is 2.97. The van der Waals surface area contributed by atoms with Crippen molar-refractivity contribution < 1.29 is 9.15 Å². The van der Waals surface area contributed by atoms with E-state index in [1.165, 1.54) is 0 Å². The number of nitrogens with zero attached hydrogens (tertiary/aromatic N) is 2. The molecule has 0 saturated heterocycles. The molecule has 2 aromatic heterocycles. The van der Waals surface area contributed by atoms with Crippen molar-refractivity contribution in [2.45, 2.75) is 13.3 Å². The van der Waals surface area contributed by atoms with Crippen molar-refractivity contribution in [1.82, 2.24) is 15.3 Å². The molecule has 5 nitrogen and oxygen atoms in total. The number of hydrogen-bond donors (Lipinski definition) is 1. The smallest absolute Gasteiger partial charge is 0.196 e. The molecule has 0 aliphatic rings. The van der Waals surface area contributed by atoms with Gasteiger partial charge in [0, 0.05) is 32.0 Å². The molecule has 0 fully saturated rings. The highest BCUT2D eigenvalue weighted by Gasteiger charge is 2.08. The Morgan fingerprint density at radius 1 is 1.44 bits per heavy atom. The molecule has 0 saturated carbocycles. The van der Waals surface area contributed by atoms with Crippen molar-refractivity contribution in [1.29, 1.82) is 0 Å². The molecule has 98 valence electrons. The van der Waals surface area contributed by atoms with E-state index in [-0.39, 0.29) is 0 Å². The molecule has 0 spiro atoms. The van der Waals surface area contributed by atoms with Gasteiger partial charge < -0.3 is 14.5 Å². The Hall–Kier alpha value is -1.24. The SMILES string of the molecule is COCCNCCc1ncc(-c2csc(C)n2)o1. The topological polar surface area (TPSA) is 60.2 Å². The van der Waals surface area contributed by atoms with Gasteiger partial charge in [-0.25, -0.2) is 9.97 Å². The number of ether oxygens (including phenoxy) is 1. The largest absolute Gasteiger partial charge is 0.439 e. The average molecular weight is 267 g/mol. The molecule has 0 radical (unpaired) electrons. The lowest BCUT2D eigenvalue weighted by atomic mass is 10.4. The lowest BCUT2D eigenvalue weighted by Crippen LogP contribution is -2.21. The summed E-state index contributed by atoms with van der Waals surface area (Å²) in [6.45, 7) is 4.37. The molecule has 0 unspecified atom stereocenters. The molecule has 2 rings (SSSR count). The third kappa shape index (κ3) is 3.63. The maximum Gasteiger partial charge on any atom is 0.196 e. The van der Waals surface area contributed by atoms with Gasteiger partial charge in [0.2, 0.25) is 0 Å². The Morgan fingerprint density at radius 3 is 3.06 bits per heavy atom. The molecule has 0 amide bonds. The highest BCUT2D eigenvalue weighted by Crippen LogP contribution is 2.22. The molecular formula is C12H17N3O2S. The zero-order valence-electron chi connectivity index (χ0n) is 10.6. The lowest BCUT2D eigenvalue weighted by Gasteiger charge is -2.00. The summed E-state index contributed by atoms with van der Waals surface area (Å²) in [6, 6.07) is 0. The third-order valence-electron chi connectivity index (χ3n) is 2.42. The van der Waals surface area contributed by atoms with Gasteiger partial charge in [0.05, 0.1) is 17.8 Å². The third-order valence-corrected chi connectivity index (χ3v) is 3.20. The van der Waals surface area contributed by atoms with Gasteiger partial charge in [-0.3, -0.25) is 0 Å². The normalized spacial score (nSPS) is 11.0. The molecule has 0 aromatic carbocycles. The maximum atomic E-state index is 5.65. The number of aryl methyl sites for hydroxylation is 1. The molecule has 0 aliphatic heterocycles. The van der Waals surface area contributed by atoms with Crippen molar-refractivity contribution in [3.63, 3.8) is 0 Å². The fraction of sp³-hybridized carbons (Fsp3) is 0.500. The summed E-state index contributed by atoms with van der Waals surface area (Å²) < 4.78 is 10.6. The van der Waals surface area contributed by atoms with E-state index in [9.17, 15) is 0 Å². The number of aromatic nitrogens is 2. The van der Waals surface area contributed by atoms with E-state index < -0.39 is 0 Å². The van der Waals surface area contributed by atoms with Crippen molar-refractivity contribution in [2.24, 2.45) is 0 Å². The van der Waals surface area contributed by atoms with Crippen molar-refractivity contribution in [3.8, 4) is 11.5 Å². The van der Waals surface area contributed by atoms with Gasteiger partial charge in [0.25, 0.3) is 0 Å². The van der Waals surface area contributed by atoms with E-state index >= 15 is 0 Å². The van der Waals surface area contributed by atoms with Gasteiger partial charge in [0.1, 0.15) is 5.69 Å². The molecule has 18 heavy (non-hydrogen) atoms. The van der Waals surface area contributed by atoms with Crippen LogP contribution in [0.25, 0.3) is 11.5 Å². The van der Waals surface area contributed by atoms with E-state index in [4.69, 9.17) is 9.15 Å². The lowest BCUT2D eigenvalue weighted by molar-refractivity contribution is 0.199. The zero-order chi connectivity index (χ0) is 12.8. The van der Waals surface area contributed by atoms with Gasteiger partial charge in [-0.2, -0.15) is 0 Å².